The van der Waals surface area contributed by atoms with Crippen LogP contribution >= 0.6 is 11.3 Å². The second-order valence-electron chi connectivity index (χ2n) is 5.74. The molecule has 0 aromatic carbocycles. The van der Waals surface area contributed by atoms with Gasteiger partial charge < -0.3 is 4.90 Å². The van der Waals surface area contributed by atoms with Gasteiger partial charge in [0.25, 0.3) is 0 Å². The van der Waals surface area contributed by atoms with E-state index in [1.54, 1.807) is 11.3 Å². The molecule has 3 unspecified atom stereocenters. The summed E-state index contributed by atoms with van der Waals surface area (Å²) >= 11 is 1.78. The highest BCUT2D eigenvalue weighted by Crippen LogP contribution is 2.34. The second-order valence-corrected chi connectivity index (χ2v) is 7.06. The van der Waals surface area contributed by atoms with Crippen LogP contribution in [-0.4, -0.2) is 22.9 Å². The van der Waals surface area contributed by atoms with Gasteiger partial charge in [-0.05, 0) is 38.3 Å². The molecular weight excluding hydrogens is 256 g/mol. The van der Waals surface area contributed by atoms with E-state index in [1.165, 1.54) is 9.75 Å². The first kappa shape index (κ1) is 14.5. The van der Waals surface area contributed by atoms with E-state index in [0.717, 1.165) is 6.42 Å². The van der Waals surface area contributed by atoms with Gasteiger partial charge in [0.15, 0.2) is 0 Å². The second kappa shape index (κ2) is 5.63. The molecular formula is C15H24N2OS. The minimum absolute atomic E-state index is 0.0496. The van der Waals surface area contributed by atoms with E-state index in [2.05, 4.69) is 52.1 Å². The highest BCUT2D eigenvalue weighted by molar-refractivity contribution is 7.12. The number of carbonyl (C=O) groups excluding carboxylic acids is 1. The SMILES string of the molecule is CCC(C)N1C(=O)C(C(C)C)NC1c1ccc(C)s1. The van der Waals surface area contributed by atoms with Crippen molar-refractivity contribution in [1.29, 1.82) is 0 Å². The van der Waals surface area contributed by atoms with Crippen LogP contribution in [0.2, 0.25) is 0 Å². The largest absolute Gasteiger partial charge is 0.318 e. The van der Waals surface area contributed by atoms with Crippen LogP contribution in [0.25, 0.3) is 0 Å². The zero-order chi connectivity index (χ0) is 14.2. The van der Waals surface area contributed by atoms with Crippen molar-refractivity contribution in [1.82, 2.24) is 10.2 Å². The Kier molecular flexibility index (Phi) is 4.31. The Labute approximate surface area is 120 Å². The Bertz CT molecular complexity index is 455. The fourth-order valence-corrected chi connectivity index (χ4v) is 3.51. The first-order valence-corrected chi connectivity index (χ1v) is 7.91. The van der Waals surface area contributed by atoms with Crippen LogP contribution in [0.4, 0.5) is 0 Å². The molecule has 3 nitrogen and oxygen atoms in total. The van der Waals surface area contributed by atoms with Crippen LogP contribution in [0.1, 0.15) is 50.0 Å². The van der Waals surface area contributed by atoms with Crippen molar-refractivity contribution < 1.29 is 4.79 Å². The number of hydrogen-bond donors (Lipinski definition) is 1. The molecule has 0 aliphatic carbocycles. The molecule has 0 spiro atoms. The smallest absolute Gasteiger partial charge is 0.241 e. The van der Waals surface area contributed by atoms with Crippen molar-refractivity contribution >= 4 is 17.2 Å². The first-order chi connectivity index (χ1) is 8.95. The first-order valence-electron chi connectivity index (χ1n) is 7.10. The van der Waals surface area contributed by atoms with E-state index in [4.69, 9.17) is 0 Å². The van der Waals surface area contributed by atoms with Gasteiger partial charge in [0.05, 0.1) is 6.04 Å². The van der Waals surface area contributed by atoms with Crippen molar-refractivity contribution in [3.05, 3.63) is 21.9 Å². The monoisotopic (exact) mass is 280 g/mol. The molecule has 1 aliphatic heterocycles. The number of thiophene rings is 1. The molecule has 1 saturated heterocycles. The zero-order valence-corrected chi connectivity index (χ0v) is 13.3. The minimum Gasteiger partial charge on any atom is -0.318 e. The number of amides is 1. The predicted molar refractivity (Wildman–Crippen MR) is 80.2 cm³/mol. The van der Waals surface area contributed by atoms with Gasteiger partial charge in [0.1, 0.15) is 6.17 Å². The third-order valence-electron chi connectivity index (χ3n) is 3.90. The zero-order valence-electron chi connectivity index (χ0n) is 12.4. The van der Waals surface area contributed by atoms with Crippen LogP contribution < -0.4 is 5.32 Å². The lowest BCUT2D eigenvalue weighted by molar-refractivity contribution is -0.132. The molecule has 106 valence electrons. The summed E-state index contributed by atoms with van der Waals surface area (Å²) in [5.74, 6) is 0.575. The standard InChI is InChI=1S/C15H24N2OS/c1-6-10(4)17-14(12-8-7-11(5)19-12)16-13(9(2)3)15(17)18/h7-10,13-14,16H,6H2,1-5H3. The Balaban J connectivity index is 2.32. The van der Waals surface area contributed by atoms with Gasteiger partial charge in [0.2, 0.25) is 5.91 Å². The Morgan fingerprint density at radius 3 is 2.53 bits per heavy atom. The van der Waals surface area contributed by atoms with E-state index in [-0.39, 0.29) is 24.2 Å². The molecule has 1 fully saturated rings. The number of nitrogens with one attached hydrogen (secondary N) is 1. The van der Waals surface area contributed by atoms with Gasteiger partial charge in [-0.3, -0.25) is 10.1 Å². The average molecular weight is 280 g/mol. The minimum atomic E-state index is -0.0543. The molecule has 0 saturated carbocycles. The number of carbonyl (C=O) groups is 1. The van der Waals surface area contributed by atoms with Crippen molar-refractivity contribution in [2.75, 3.05) is 0 Å². The molecule has 1 aliphatic rings. The molecule has 0 radical (unpaired) electrons. The molecule has 2 rings (SSSR count). The average Bonchev–Trinajstić information content (AvgIpc) is 2.92. The van der Waals surface area contributed by atoms with Gasteiger partial charge in [-0.15, -0.1) is 11.3 Å². The van der Waals surface area contributed by atoms with Crippen LogP contribution in [0.5, 0.6) is 0 Å². The number of hydrogen-bond acceptors (Lipinski definition) is 3. The van der Waals surface area contributed by atoms with Gasteiger partial charge in [0, 0.05) is 15.8 Å². The lowest BCUT2D eigenvalue weighted by atomic mass is 10.0. The molecule has 1 aromatic rings. The summed E-state index contributed by atoms with van der Waals surface area (Å²) in [5, 5.41) is 3.52. The highest BCUT2D eigenvalue weighted by Gasteiger charge is 2.43. The Hall–Kier alpha value is -0.870. The van der Waals surface area contributed by atoms with Crippen molar-refractivity contribution in [2.24, 2.45) is 5.92 Å². The van der Waals surface area contributed by atoms with Gasteiger partial charge in [-0.25, -0.2) is 0 Å². The molecule has 1 aromatic heterocycles. The van der Waals surface area contributed by atoms with Gasteiger partial charge in [-0.1, -0.05) is 20.8 Å². The van der Waals surface area contributed by atoms with E-state index < -0.39 is 0 Å². The Morgan fingerprint density at radius 1 is 1.37 bits per heavy atom. The molecule has 1 N–H and O–H groups in total. The van der Waals surface area contributed by atoms with Crippen molar-refractivity contribution in [2.45, 2.75) is 59.3 Å². The normalized spacial score (nSPS) is 25.4. The maximum atomic E-state index is 12.6. The van der Waals surface area contributed by atoms with Crippen LogP contribution in [-0.2, 0) is 4.79 Å². The predicted octanol–water partition coefficient (Wildman–Crippen LogP) is 3.31. The van der Waals surface area contributed by atoms with E-state index in [1.807, 2.05) is 4.90 Å². The fourth-order valence-electron chi connectivity index (χ4n) is 2.58. The molecule has 0 bridgehead atoms. The number of rotatable bonds is 4. The number of nitrogens with zero attached hydrogens (tertiary/aromatic N) is 1. The topological polar surface area (TPSA) is 32.3 Å². The molecule has 4 heteroatoms. The van der Waals surface area contributed by atoms with Crippen LogP contribution in [0.3, 0.4) is 0 Å². The lowest BCUT2D eigenvalue weighted by Crippen LogP contribution is -2.38. The van der Waals surface area contributed by atoms with Gasteiger partial charge >= 0.3 is 0 Å². The van der Waals surface area contributed by atoms with Crippen LogP contribution in [0, 0.1) is 12.8 Å². The quantitative estimate of drug-likeness (QED) is 0.917. The molecule has 1 amide bonds. The number of aryl methyl sites for hydroxylation is 1. The fraction of sp³-hybridized carbons (Fsp3) is 0.667. The van der Waals surface area contributed by atoms with Crippen molar-refractivity contribution in [3.63, 3.8) is 0 Å². The van der Waals surface area contributed by atoms with E-state index in [9.17, 15) is 4.79 Å². The third kappa shape index (κ3) is 2.70. The van der Waals surface area contributed by atoms with Gasteiger partial charge in [-0.2, -0.15) is 0 Å². The molecule has 2 heterocycles. The van der Waals surface area contributed by atoms with Crippen molar-refractivity contribution in [3.8, 4) is 0 Å². The summed E-state index contributed by atoms with van der Waals surface area (Å²) in [4.78, 5) is 17.2. The lowest BCUT2D eigenvalue weighted by Gasteiger charge is -2.29. The van der Waals surface area contributed by atoms with E-state index in [0.29, 0.717) is 5.92 Å². The maximum absolute atomic E-state index is 12.6. The van der Waals surface area contributed by atoms with E-state index >= 15 is 0 Å². The molecule has 3 atom stereocenters. The Morgan fingerprint density at radius 2 is 2.05 bits per heavy atom. The summed E-state index contributed by atoms with van der Waals surface area (Å²) in [6, 6.07) is 4.49. The summed E-state index contributed by atoms with van der Waals surface area (Å²) in [6.07, 6.45) is 1.03. The highest BCUT2D eigenvalue weighted by atomic mass is 32.1. The summed E-state index contributed by atoms with van der Waals surface area (Å²) in [7, 11) is 0. The van der Waals surface area contributed by atoms with Crippen LogP contribution in [0.15, 0.2) is 12.1 Å². The summed E-state index contributed by atoms with van der Waals surface area (Å²) in [6.45, 7) is 10.6. The molecule has 19 heavy (non-hydrogen) atoms. The maximum Gasteiger partial charge on any atom is 0.241 e. The summed E-state index contributed by atoms with van der Waals surface area (Å²) in [5.41, 5.74) is 0. The third-order valence-corrected chi connectivity index (χ3v) is 4.95. The summed E-state index contributed by atoms with van der Waals surface area (Å²) < 4.78 is 0.